The SMILES string of the molecule is FC(F)C(F)(F)CC[S]. The van der Waals surface area contributed by atoms with Crippen molar-refractivity contribution < 1.29 is 17.6 Å². The van der Waals surface area contributed by atoms with Crippen LogP contribution < -0.4 is 0 Å². The lowest BCUT2D eigenvalue weighted by Gasteiger charge is -2.12. The minimum Gasteiger partial charge on any atom is -0.204 e. The van der Waals surface area contributed by atoms with E-state index in [1.54, 1.807) is 0 Å². The molecule has 0 rings (SSSR count). The maximum Gasteiger partial charge on any atom is 0.308 e. The van der Waals surface area contributed by atoms with E-state index in [4.69, 9.17) is 0 Å². The Morgan fingerprint density at radius 1 is 1.33 bits per heavy atom. The molecule has 55 valence electrons. The van der Waals surface area contributed by atoms with Crippen molar-refractivity contribution in [3.63, 3.8) is 0 Å². The maximum absolute atomic E-state index is 11.7. The summed E-state index contributed by atoms with van der Waals surface area (Å²) in [5.74, 6) is -4.22. The summed E-state index contributed by atoms with van der Waals surface area (Å²) < 4.78 is 45.9. The van der Waals surface area contributed by atoms with E-state index < -0.39 is 18.8 Å². The standard InChI is InChI=1S/C4H5F4S/c5-3(6)4(7,8)1-2-9/h3H,1-2H2. The molecule has 0 aliphatic rings. The molecular weight excluding hydrogens is 156 g/mol. The van der Waals surface area contributed by atoms with Gasteiger partial charge in [-0.1, -0.05) is 12.6 Å². The highest BCUT2D eigenvalue weighted by Gasteiger charge is 2.39. The molecule has 0 bridgehead atoms. The molecule has 0 nitrogen and oxygen atoms in total. The molecule has 0 heterocycles. The molecule has 0 aliphatic carbocycles. The van der Waals surface area contributed by atoms with Crippen LogP contribution in [0.2, 0.25) is 0 Å². The molecule has 0 atom stereocenters. The van der Waals surface area contributed by atoms with Crippen LogP contribution in [-0.2, 0) is 0 Å². The van der Waals surface area contributed by atoms with Crippen LogP contribution in [0.3, 0.4) is 0 Å². The Labute approximate surface area is 55.7 Å². The van der Waals surface area contributed by atoms with Gasteiger partial charge in [0.05, 0.1) is 0 Å². The predicted octanol–water partition coefficient (Wildman–Crippen LogP) is 2.47. The van der Waals surface area contributed by atoms with E-state index in [1.807, 2.05) is 0 Å². The van der Waals surface area contributed by atoms with Crippen molar-refractivity contribution in [2.75, 3.05) is 5.75 Å². The monoisotopic (exact) mass is 161 g/mol. The fourth-order valence-corrected chi connectivity index (χ4v) is 0.517. The van der Waals surface area contributed by atoms with Gasteiger partial charge in [-0.3, -0.25) is 0 Å². The van der Waals surface area contributed by atoms with Gasteiger partial charge in [0, 0.05) is 12.2 Å². The quantitative estimate of drug-likeness (QED) is 0.558. The number of halogens is 4. The van der Waals surface area contributed by atoms with Crippen LogP contribution in [0.1, 0.15) is 6.42 Å². The number of hydrogen-bond donors (Lipinski definition) is 0. The van der Waals surface area contributed by atoms with Crippen LogP contribution in [0.5, 0.6) is 0 Å². The number of alkyl halides is 4. The third-order valence-electron chi connectivity index (χ3n) is 0.755. The van der Waals surface area contributed by atoms with Gasteiger partial charge in [-0.2, -0.15) is 0 Å². The second kappa shape index (κ2) is 3.29. The smallest absolute Gasteiger partial charge is 0.204 e. The van der Waals surface area contributed by atoms with Crippen molar-refractivity contribution in [2.45, 2.75) is 18.8 Å². The van der Waals surface area contributed by atoms with Gasteiger partial charge in [-0.05, 0) is 0 Å². The summed E-state index contributed by atoms with van der Waals surface area (Å²) >= 11 is 4.11. The molecular formula is C4H5F4S. The van der Waals surface area contributed by atoms with Crippen LogP contribution in [0.15, 0.2) is 0 Å². The summed E-state index contributed by atoms with van der Waals surface area (Å²) in [6.45, 7) is 0. The third-order valence-corrected chi connectivity index (χ3v) is 0.959. The molecule has 0 N–H and O–H groups in total. The molecule has 9 heavy (non-hydrogen) atoms. The largest absolute Gasteiger partial charge is 0.308 e. The molecule has 5 heteroatoms. The van der Waals surface area contributed by atoms with Crippen molar-refractivity contribution in [3.8, 4) is 0 Å². The average Bonchev–Trinajstić information content (AvgIpc) is 1.65. The normalized spacial score (nSPS) is 12.7. The molecule has 0 spiro atoms. The molecule has 0 aromatic heterocycles. The first kappa shape index (κ1) is 9.07. The average molecular weight is 161 g/mol. The highest BCUT2D eigenvalue weighted by atomic mass is 32.1. The number of rotatable bonds is 3. The first-order valence-electron chi connectivity index (χ1n) is 2.25. The summed E-state index contributed by atoms with van der Waals surface area (Å²) in [5.41, 5.74) is 0. The van der Waals surface area contributed by atoms with E-state index in [0.29, 0.717) is 0 Å². The van der Waals surface area contributed by atoms with Gasteiger partial charge < -0.3 is 0 Å². The number of hydrogen-bond acceptors (Lipinski definition) is 0. The maximum atomic E-state index is 11.7. The highest BCUT2D eigenvalue weighted by molar-refractivity contribution is 7.80. The summed E-state index contributed by atoms with van der Waals surface area (Å²) in [5, 5.41) is 0. The van der Waals surface area contributed by atoms with Crippen LogP contribution in [0.25, 0.3) is 0 Å². The van der Waals surface area contributed by atoms with Crippen molar-refractivity contribution in [1.29, 1.82) is 0 Å². The Kier molecular flexibility index (Phi) is 3.32. The van der Waals surface area contributed by atoms with E-state index in [-0.39, 0.29) is 5.75 Å². The first-order valence-corrected chi connectivity index (χ1v) is 2.82. The van der Waals surface area contributed by atoms with Gasteiger partial charge in [0.25, 0.3) is 0 Å². The van der Waals surface area contributed by atoms with Crippen molar-refractivity contribution >= 4 is 12.6 Å². The summed E-state index contributed by atoms with van der Waals surface area (Å²) in [6, 6.07) is 0. The van der Waals surface area contributed by atoms with Gasteiger partial charge in [-0.25, -0.2) is 17.6 Å². The molecule has 1 radical (unpaired) electrons. The molecule has 0 aliphatic heterocycles. The Hall–Kier alpha value is 0.0700. The fraction of sp³-hybridized carbons (Fsp3) is 1.00. The molecule has 0 aromatic carbocycles. The minimum absolute atomic E-state index is 0.336. The fourth-order valence-electron chi connectivity index (χ4n) is 0.245. The Morgan fingerprint density at radius 3 is 1.89 bits per heavy atom. The summed E-state index contributed by atoms with van der Waals surface area (Å²) in [6.07, 6.45) is -4.50. The topological polar surface area (TPSA) is 0 Å². The van der Waals surface area contributed by atoms with E-state index in [0.717, 1.165) is 0 Å². The highest BCUT2D eigenvalue weighted by Crippen LogP contribution is 2.26. The van der Waals surface area contributed by atoms with Crippen LogP contribution in [0.4, 0.5) is 17.6 Å². The Balaban J connectivity index is 3.70. The second-order valence-corrected chi connectivity index (χ2v) is 1.92. The van der Waals surface area contributed by atoms with E-state index in [2.05, 4.69) is 12.6 Å². The van der Waals surface area contributed by atoms with E-state index >= 15 is 0 Å². The molecule has 0 saturated carbocycles. The lowest BCUT2D eigenvalue weighted by molar-refractivity contribution is -0.128. The zero-order valence-corrected chi connectivity index (χ0v) is 5.23. The van der Waals surface area contributed by atoms with Gasteiger partial charge in [0.2, 0.25) is 0 Å². The molecule has 0 aromatic rings. The minimum atomic E-state index is -3.89. The lowest BCUT2D eigenvalue weighted by Crippen LogP contribution is -2.26. The Bertz CT molecular complexity index is 82.6. The zero-order chi connectivity index (χ0) is 7.49. The van der Waals surface area contributed by atoms with Gasteiger partial charge in [0.1, 0.15) is 0 Å². The first-order chi connectivity index (χ1) is 4.00. The molecule has 0 fully saturated rings. The van der Waals surface area contributed by atoms with Crippen LogP contribution >= 0.6 is 12.6 Å². The summed E-state index contributed by atoms with van der Waals surface area (Å²) in [4.78, 5) is 0. The lowest BCUT2D eigenvalue weighted by atomic mass is 10.3. The predicted molar refractivity (Wildman–Crippen MR) is 28.0 cm³/mol. The van der Waals surface area contributed by atoms with Crippen molar-refractivity contribution in [1.82, 2.24) is 0 Å². The summed E-state index contributed by atoms with van der Waals surface area (Å²) in [7, 11) is 0. The van der Waals surface area contributed by atoms with E-state index in [9.17, 15) is 17.6 Å². The zero-order valence-electron chi connectivity index (χ0n) is 4.41. The van der Waals surface area contributed by atoms with Crippen LogP contribution in [-0.4, -0.2) is 18.1 Å². The molecule has 0 unspecified atom stereocenters. The van der Waals surface area contributed by atoms with Crippen molar-refractivity contribution in [3.05, 3.63) is 0 Å². The molecule has 0 saturated heterocycles. The third kappa shape index (κ3) is 2.93. The Morgan fingerprint density at radius 2 is 1.78 bits per heavy atom. The van der Waals surface area contributed by atoms with Crippen molar-refractivity contribution in [2.24, 2.45) is 0 Å². The van der Waals surface area contributed by atoms with E-state index in [1.165, 1.54) is 0 Å². The van der Waals surface area contributed by atoms with Gasteiger partial charge in [-0.15, -0.1) is 0 Å². The molecule has 0 amide bonds. The van der Waals surface area contributed by atoms with Gasteiger partial charge >= 0.3 is 12.3 Å². The van der Waals surface area contributed by atoms with Crippen LogP contribution in [0, 0.1) is 0 Å². The second-order valence-electron chi connectivity index (χ2n) is 1.52. The van der Waals surface area contributed by atoms with Gasteiger partial charge in [0.15, 0.2) is 0 Å².